The number of anilines is 1. The fourth-order valence-corrected chi connectivity index (χ4v) is 3.99. The zero-order chi connectivity index (χ0) is 25.2. The molecule has 182 valence electrons. The van der Waals surface area contributed by atoms with Gasteiger partial charge in [0.25, 0.3) is 5.91 Å². The fourth-order valence-electron chi connectivity index (χ4n) is 3.99. The molecule has 11 heteroatoms. The van der Waals surface area contributed by atoms with E-state index < -0.39 is 11.9 Å². The summed E-state index contributed by atoms with van der Waals surface area (Å²) in [6.45, 7) is 6.65. The van der Waals surface area contributed by atoms with Crippen molar-refractivity contribution < 1.29 is 14.3 Å². The van der Waals surface area contributed by atoms with E-state index in [1.165, 1.54) is 10.9 Å². The van der Waals surface area contributed by atoms with Gasteiger partial charge in [-0.3, -0.25) is 9.48 Å². The van der Waals surface area contributed by atoms with E-state index in [-0.39, 0.29) is 23.7 Å². The van der Waals surface area contributed by atoms with Gasteiger partial charge in [-0.15, -0.1) is 0 Å². The third-order valence-electron chi connectivity index (χ3n) is 5.77. The first-order valence-corrected chi connectivity index (χ1v) is 11.5. The van der Waals surface area contributed by atoms with E-state index in [9.17, 15) is 9.59 Å². The highest BCUT2D eigenvalue weighted by Gasteiger charge is 2.24. The van der Waals surface area contributed by atoms with Crippen LogP contribution in [0.4, 0.5) is 5.82 Å². The monoisotopic (exact) mass is 484 g/mol. The van der Waals surface area contributed by atoms with Gasteiger partial charge in [0.2, 0.25) is 0 Å². The Balaban J connectivity index is 1.54. The summed E-state index contributed by atoms with van der Waals surface area (Å²) in [7, 11) is 0. The number of aromatic nitrogens is 7. The number of nitrogens with one attached hydrogen (secondary N) is 1. The fraction of sp³-hybridized carbons (Fsp3) is 0.200. The molecule has 11 nitrogen and oxygen atoms in total. The lowest BCUT2D eigenvalue weighted by molar-refractivity contribution is 0.0527. The van der Waals surface area contributed by atoms with Gasteiger partial charge in [-0.1, -0.05) is 18.2 Å². The zero-order valence-corrected chi connectivity index (χ0v) is 20.0. The van der Waals surface area contributed by atoms with Crippen molar-refractivity contribution in [1.82, 2.24) is 34.2 Å². The summed E-state index contributed by atoms with van der Waals surface area (Å²) in [4.78, 5) is 30.3. The van der Waals surface area contributed by atoms with Gasteiger partial charge in [0.1, 0.15) is 5.56 Å². The number of hydrogen-bond acceptors (Lipinski definition) is 7. The van der Waals surface area contributed by atoms with E-state index in [0.29, 0.717) is 11.3 Å². The summed E-state index contributed by atoms with van der Waals surface area (Å²) < 4.78 is 10.1. The molecule has 0 unspecified atom stereocenters. The number of rotatable bonds is 7. The number of benzene rings is 1. The largest absolute Gasteiger partial charge is 0.462 e. The van der Waals surface area contributed by atoms with Crippen LogP contribution in [0.3, 0.4) is 0 Å². The molecule has 0 atom stereocenters. The number of aryl methyl sites for hydroxylation is 1. The first-order valence-electron chi connectivity index (χ1n) is 11.5. The molecule has 5 rings (SSSR count). The van der Waals surface area contributed by atoms with Crippen LogP contribution in [0.5, 0.6) is 0 Å². The highest BCUT2D eigenvalue weighted by molar-refractivity contribution is 6.07. The lowest BCUT2D eigenvalue weighted by atomic mass is 10.2. The quantitative estimate of drug-likeness (QED) is 0.351. The average Bonchev–Trinajstić information content (AvgIpc) is 3.61. The van der Waals surface area contributed by atoms with Gasteiger partial charge in [0.15, 0.2) is 17.2 Å². The van der Waals surface area contributed by atoms with E-state index in [2.05, 4.69) is 25.6 Å². The molecule has 0 aliphatic heterocycles. The lowest BCUT2D eigenvalue weighted by Gasteiger charge is -2.10. The molecule has 0 saturated heterocycles. The molecular weight excluding hydrogens is 460 g/mol. The maximum atomic E-state index is 13.3. The van der Waals surface area contributed by atoms with E-state index in [4.69, 9.17) is 4.74 Å². The smallest absolute Gasteiger partial charge is 0.343 e. The summed E-state index contributed by atoms with van der Waals surface area (Å²) >= 11 is 0. The van der Waals surface area contributed by atoms with Crippen LogP contribution in [0.15, 0.2) is 61.1 Å². The van der Waals surface area contributed by atoms with Crippen molar-refractivity contribution in [2.75, 3.05) is 11.9 Å². The first-order chi connectivity index (χ1) is 17.5. The Kier molecular flexibility index (Phi) is 6.03. The van der Waals surface area contributed by atoms with Crippen molar-refractivity contribution in [3.8, 4) is 16.9 Å². The number of amides is 1. The number of carbonyl (C=O) groups excluding carboxylic acids is 2. The topological polar surface area (TPSA) is 121 Å². The molecule has 4 heterocycles. The van der Waals surface area contributed by atoms with E-state index in [1.54, 1.807) is 29.9 Å². The lowest BCUT2D eigenvalue weighted by Crippen LogP contribution is -2.18. The third kappa shape index (κ3) is 4.00. The summed E-state index contributed by atoms with van der Waals surface area (Å²) in [6.07, 6.45) is 4.82. The van der Waals surface area contributed by atoms with Crippen LogP contribution in [0, 0.1) is 6.92 Å². The van der Waals surface area contributed by atoms with Crippen LogP contribution in [0.25, 0.3) is 22.6 Å². The van der Waals surface area contributed by atoms with Crippen molar-refractivity contribution >= 4 is 23.3 Å². The van der Waals surface area contributed by atoms with Crippen LogP contribution >= 0.6 is 0 Å². The zero-order valence-electron chi connectivity index (χ0n) is 20.0. The second-order valence-corrected chi connectivity index (χ2v) is 7.92. The van der Waals surface area contributed by atoms with E-state index in [1.807, 2.05) is 54.9 Å². The summed E-state index contributed by atoms with van der Waals surface area (Å²) in [5.74, 6) is -0.914. The number of esters is 1. The predicted octanol–water partition coefficient (Wildman–Crippen LogP) is 3.54. The predicted molar refractivity (Wildman–Crippen MR) is 132 cm³/mol. The number of carbonyl (C=O) groups is 2. The van der Waals surface area contributed by atoms with Crippen LogP contribution in [0.1, 0.15) is 40.4 Å². The average molecular weight is 485 g/mol. The SMILES string of the molecule is CCOC(=O)c1cnn(-c2ccccc2)c1NC(=O)c1cc2nccc(-c3cnn(CC)c3C)n2n1. The highest BCUT2D eigenvalue weighted by atomic mass is 16.5. The minimum Gasteiger partial charge on any atom is -0.462 e. The molecule has 0 saturated carbocycles. The normalized spacial score (nSPS) is 11.1. The highest BCUT2D eigenvalue weighted by Crippen LogP contribution is 2.25. The van der Waals surface area contributed by atoms with Crippen molar-refractivity contribution in [2.24, 2.45) is 0 Å². The molecule has 1 aromatic carbocycles. The molecule has 36 heavy (non-hydrogen) atoms. The minimum atomic E-state index is -0.586. The minimum absolute atomic E-state index is 0.131. The number of para-hydroxylation sites is 1. The summed E-state index contributed by atoms with van der Waals surface area (Å²) in [6, 6.07) is 12.6. The van der Waals surface area contributed by atoms with Gasteiger partial charge in [-0.25, -0.2) is 19.0 Å². The molecule has 4 aromatic heterocycles. The number of ether oxygens (including phenoxy) is 1. The molecule has 0 spiro atoms. The number of hydrogen-bond donors (Lipinski definition) is 1. The molecule has 1 amide bonds. The summed E-state index contributed by atoms with van der Waals surface area (Å²) in [5, 5.41) is 16.0. The van der Waals surface area contributed by atoms with Gasteiger partial charge in [-0.2, -0.15) is 15.3 Å². The Morgan fingerprint density at radius 2 is 1.86 bits per heavy atom. The second kappa shape index (κ2) is 9.45. The Hall–Kier alpha value is -4.80. The van der Waals surface area contributed by atoms with Gasteiger partial charge in [0, 0.05) is 30.1 Å². The molecule has 1 N–H and O–H groups in total. The molecule has 0 radical (unpaired) electrons. The third-order valence-corrected chi connectivity index (χ3v) is 5.77. The van der Waals surface area contributed by atoms with Crippen LogP contribution in [-0.2, 0) is 11.3 Å². The standard InChI is InChI=1S/C25H24N8O3/c1-4-31-16(3)18(14-27-31)21-11-12-26-22-13-20(30-33(21)22)24(34)29-23-19(25(35)36-5-2)15-28-32(23)17-9-7-6-8-10-17/h6-15H,4-5H2,1-3H3,(H,29,34). The van der Waals surface area contributed by atoms with E-state index >= 15 is 0 Å². The maximum Gasteiger partial charge on any atom is 0.343 e. The Morgan fingerprint density at radius 3 is 2.58 bits per heavy atom. The Bertz CT molecular complexity index is 1560. The van der Waals surface area contributed by atoms with Crippen LogP contribution in [-0.4, -0.2) is 52.6 Å². The van der Waals surface area contributed by atoms with Crippen LogP contribution in [0.2, 0.25) is 0 Å². The number of nitrogens with zero attached hydrogens (tertiary/aromatic N) is 7. The maximum absolute atomic E-state index is 13.3. The van der Waals surface area contributed by atoms with Gasteiger partial charge < -0.3 is 10.1 Å². The van der Waals surface area contributed by atoms with Crippen molar-refractivity contribution in [1.29, 1.82) is 0 Å². The van der Waals surface area contributed by atoms with Gasteiger partial charge >= 0.3 is 5.97 Å². The van der Waals surface area contributed by atoms with Crippen molar-refractivity contribution in [2.45, 2.75) is 27.3 Å². The summed E-state index contributed by atoms with van der Waals surface area (Å²) in [5.41, 5.74) is 4.08. The van der Waals surface area contributed by atoms with Crippen molar-refractivity contribution in [3.63, 3.8) is 0 Å². The molecular formula is C25H24N8O3. The molecule has 0 bridgehead atoms. The molecule has 5 aromatic rings. The Labute approximate surface area is 206 Å². The number of fused-ring (bicyclic) bond motifs is 1. The molecule has 0 aliphatic rings. The van der Waals surface area contributed by atoms with Gasteiger partial charge in [0.05, 0.1) is 30.4 Å². The molecule has 0 aliphatic carbocycles. The van der Waals surface area contributed by atoms with Gasteiger partial charge in [-0.05, 0) is 39.0 Å². The first kappa shape index (κ1) is 23.0. The van der Waals surface area contributed by atoms with Crippen LogP contribution < -0.4 is 5.32 Å². The van der Waals surface area contributed by atoms with E-state index in [0.717, 1.165) is 23.5 Å². The van der Waals surface area contributed by atoms with Crippen molar-refractivity contribution in [3.05, 3.63) is 78.0 Å². The Morgan fingerprint density at radius 1 is 1.06 bits per heavy atom. The molecule has 0 fully saturated rings. The second-order valence-electron chi connectivity index (χ2n) is 7.92.